The van der Waals surface area contributed by atoms with Crippen LogP contribution in [0.4, 0.5) is 34.1 Å². The fourth-order valence-corrected chi connectivity index (χ4v) is 8.11. The molecule has 0 fully saturated rings. The Morgan fingerprint density at radius 2 is 0.800 bits per heavy atom. The maximum Gasteiger partial charge on any atom is 0.213 e. The van der Waals surface area contributed by atoms with Gasteiger partial charge in [-0.15, -0.1) is 0 Å². The fraction of sp³-hybridized carbons (Fsp3) is 0. The van der Waals surface area contributed by atoms with E-state index in [1.165, 1.54) is 0 Å². The molecule has 5 nitrogen and oxygen atoms in total. The van der Waals surface area contributed by atoms with Crippen LogP contribution in [-0.4, -0.2) is 4.57 Å². The lowest BCUT2D eigenvalue weighted by molar-refractivity contribution is 0.645. The molecule has 0 N–H and O–H groups in total. The van der Waals surface area contributed by atoms with Crippen LogP contribution in [0.2, 0.25) is 0 Å². The number of aromatic nitrogens is 1. The summed E-state index contributed by atoms with van der Waals surface area (Å²) in [5.74, 6) is 0. The molecule has 0 aliphatic heterocycles. The summed E-state index contributed by atoms with van der Waals surface area (Å²) < 4.78 is 15.3. The van der Waals surface area contributed by atoms with Crippen molar-refractivity contribution in [1.29, 1.82) is 0 Å². The lowest BCUT2D eigenvalue weighted by Crippen LogP contribution is -2.10. The summed E-state index contributed by atoms with van der Waals surface area (Å²) in [5.41, 5.74) is 11.9. The molecule has 0 aliphatic rings. The van der Waals surface area contributed by atoms with Crippen molar-refractivity contribution in [1.82, 2.24) is 4.57 Å². The highest BCUT2D eigenvalue weighted by atomic mass is 16.3. The summed E-state index contributed by atoms with van der Waals surface area (Å²) in [6.07, 6.45) is 0. The molecule has 0 spiro atoms. The van der Waals surface area contributed by atoms with Crippen molar-refractivity contribution in [3.63, 3.8) is 0 Å². The third kappa shape index (κ3) is 5.09. The van der Waals surface area contributed by atoms with Gasteiger partial charge in [-0.3, -0.25) is 4.57 Å². The van der Waals surface area contributed by atoms with Crippen molar-refractivity contribution in [2.75, 3.05) is 9.80 Å². The van der Waals surface area contributed by atoms with Crippen molar-refractivity contribution >= 4 is 89.0 Å². The van der Waals surface area contributed by atoms with Gasteiger partial charge in [-0.2, -0.15) is 0 Å². The van der Waals surface area contributed by atoms with Gasteiger partial charge >= 0.3 is 0 Å². The Balaban J connectivity index is 1.15. The first kappa shape index (κ1) is 31.1. The van der Waals surface area contributed by atoms with Gasteiger partial charge in [0.1, 0.15) is 16.7 Å². The van der Waals surface area contributed by atoms with Gasteiger partial charge < -0.3 is 18.6 Å². The lowest BCUT2D eigenvalue weighted by atomic mass is 10.1. The summed E-state index contributed by atoms with van der Waals surface area (Å²) in [6, 6.07) is 70.1. The first-order chi connectivity index (χ1) is 27.3. The summed E-state index contributed by atoms with van der Waals surface area (Å²) in [6.45, 7) is 0. The Kier molecular flexibility index (Phi) is 7.10. The Labute approximate surface area is 317 Å². The molecule has 11 aromatic rings. The van der Waals surface area contributed by atoms with Crippen LogP contribution in [0.25, 0.3) is 60.6 Å². The maximum absolute atomic E-state index is 6.84. The molecule has 3 aromatic heterocycles. The van der Waals surface area contributed by atoms with E-state index in [-0.39, 0.29) is 0 Å². The van der Waals surface area contributed by atoms with E-state index in [0.717, 1.165) is 94.7 Å². The minimum Gasteiger partial charge on any atom is -0.456 e. The normalized spacial score (nSPS) is 11.6. The van der Waals surface area contributed by atoms with E-state index >= 15 is 0 Å². The molecule has 11 rings (SSSR count). The number of anilines is 6. The van der Waals surface area contributed by atoms with Crippen LogP contribution in [0.3, 0.4) is 0 Å². The third-order valence-corrected chi connectivity index (χ3v) is 10.5. The lowest BCUT2D eigenvalue weighted by Gasteiger charge is -2.26. The van der Waals surface area contributed by atoms with Gasteiger partial charge in [0.25, 0.3) is 0 Å². The molecule has 0 radical (unpaired) electrons. The largest absolute Gasteiger partial charge is 0.456 e. The molecule has 0 saturated carbocycles. The molecule has 3 heterocycles. The highest BCUT2D eigenvalue weighted by Gasteiger charge is 2.23. The van der Waals surface area contributed by atoms with Crippen molar-refractivity contribution in [3.05, 3.63) is 200 Å². The van der Waals surface area contributed by atoms with Gasteiger partial charge in [-0.25, -0.2) is 0 Å². The monoisotopic (exact) mass is 707 g/mol. The van der Waals surface area contributed by atoms with Crippen LogP contribution in [0, 0.1) is 0 Å². The van der Waals surface area contributed by atoms with E-state index in [9.17, 15) is 0 Å². The first-order valence-electron chi connectivity index (χ1n) is 18.5. The van der Waals surface area contributed by atoms with Crippen LogP contribution in [0.5, 0.6) is 0 Å². The van der Waals surface area contributed by atoms with Gasteiger partial charge in [0.05, 0.1) is 10.9 Å². The third-order valence-electron chi connectivity index (χ3n) is 10.5. The van der Waals surface area contributed by atoms with Crippen LogP contribution in [0.15, 0.2) is 209 Å². The van der Waals surface area contributed by atoms with Gasteiger partial charge in [-0.1, -0.05) is 91.0 Å². The Hall–Kier alpha value is -7.50. The molecular weight excluding hydrogens is 675 g/mol. The topological polar surface area (TPSA) is 37.7 Å². The van der Waals surface area contributed by atoms with Crippen molar-refractivity contribution in [2.45, 2.75) is 0 Å². The van der Waals surface area contributed by atoms with Crippen molar-refractivity contribution in [3.8, 4) is 5.69 Å². The zero-order chi connectivity index (χ0) is 36.3. The molecule has 0 unspecified atom stereocenters. The number of furan rings is 2. The van der Waals surface area contributed by atoms with Crippen molar-refractivity contribution in [2.24, 2.45) is 0 Å². The molecule has 260 valence electrons. The fourth-order valence-electron chi connectivity index (χ4n) is 8.11. The minimum absolute atomic E-state index is 0.814. The number of para-hydroxylation sites is 5. The van der Waals surface area contributed by atoms with Gasteiger partial charge in [0.2, 0.25) is 5.71 Å². The van der Waals surface area contributed by atoms with E-state index in [1.807, 2.05) is 12.1 Å². The Morgan fingerprint density at radius 1 is 0.327 bits per heavy atom. The number of hydrogen-bond acceptors (Lipinski definition) is 4. The molecular formula is C50H33N3O2. The molecule has 8 aromatic carbocycles. The average Bonchev–Trinajstić information content (AvgIpc) is 3.91. The number of nitrogens with zero attached hydrogens (tertiary/aromatic N) is 3. The smallest absolute Gasteiger partial charge is 0.213 e. The second-order valence-electron chi connectivity index (χ2n) is 13.8. The summed E-state index contributed by atoms with van der Waals surface area (Å²) in [4.78, 5) is 4.61. The number of fused-ring (bicyclic) bond motifs is 8. The molecule has 55 heavy (non-hydrogen) atoms. The van der Waals surface area contributed by atoms with E-state index in [1.54, 1.807) is 0 Å². The molecule has 0 atom stereocenters. The number of hydrogen-bond donors (Lipinski definition) is 0. The van der Waals surface area contributed by atoms with E-state index in [4.69, 9.17) is 8.83 Å². The van der Waals surface area contributed by atoms with Crippen LogP contribution >= 0.6 is 0 Å². The van der Waals surface area contributed by atoms with Crippen molar-refractivity contribution < 1.29 is 8.83 Å². The second-order valence-corrected chi connectivity index (χ2v) is 13.8. The summed E-state index contributed by atoms with van der Waals surface area (Å²) in [7, 11) is 0. The summed E-state index contributed by atoms with van der Waals surface area (Å²) in [5, 5.41) is 5.46. The van der Waals surface area contributed by atoms with E-state index in [0.29, 0.717) is 0 Å². The first-order valence-corrected chi connectivity index (χ1v) is 18.5. The van der Waals surface area contributed by atoms with Crippen LogP contribution in [0.1, 0.15) is 0 Å². The average molecular weight is 708 g/mol. The molecule has 5 heteroatoms. The van der Waals surface area contributed by atoms with Gasteiger partial charge in [-0.05, 0) is 109 Å². The Morgan fingerprint density at radius 3 is 1.44 bits per heavy atom. The molecule has 0 bridgehead atoms. The SMILES string of the molecule is c1ccc(N(c2ccccc2)c2ccc3oc4c(c3c2)c2ccc(N(c3ccccc3)c3ccc5oc6ccccc6c5c3)cc2n4-c2ccccc2)cc1. The van der Waals surface area contributed by atoms with E-state index < -0.39 is 0 Å². The zero-order valence-electron chi connectivity index (χ0n) is 29.7. The van der Waals surface area contributed by atoms with Crippen LogP contribution < -0.4 is 9.80 Å². The number of benzene rings is 8. The van der Waals surface area contributed by atoms with Crippen LogP contribution in [-0.2, 0) is 0 Å². The quantitative estimate of drug-likeness (QED) is 0.165. The predicted octanol–water partition coefficient (Wildman–Crippen LogP) is 14.4. The standard InChI is InChI=1S/C50H33N3O2/c1-5-15-34(16-6-1)51(35-17-7-2-8-18-35)39-27-30-48-44(32-39)49-42-28-25-40(33-45(42)53(50(49)55-48)37-21-11-4-12-22-37)52(36-19-9-3-10-20-36)38-26-29-47-43(31-38)41-23-13-14-24-46(41)54-47/h1-33H. The van der Waals surface area contributed by atoms with E-state index in [2.05, 4.69) is 202 Å². The van der Waals surface area contributed by atoms with Gasteiger partial charge in [0.15, 0.2) is 0 Å². The molecule has 0 amide bonds. The highest BCUT2D eigenvalue weighted by molar-refractivity contribution is 6.21. The zero-order valence-corrected chi connectivity index (χ0v) is 29.7. The Bertz CT molecular complexity index is 3110. The highest BCUT2D eigenvalue weighted by Crippen LogP contribution is 2.45. The second kappa shape index (κ2) is 12.6. The molecule has 0 aliphatic carbocycles. The summed E-state index contributed by atoms with van der Waals surface area (Å²) >= 11 is 0. The molecule has 0 saturated heterocycles. The number of rotatable bonds is 7. The maximum atomic E-state index is 6.84. The minimum atomic E-state index is 0.814. The van der Waals surface area contributed by atoms with Gasteiger partial charge in [0, 0.05) is 61.4 Å². The predicted molar refractivity (Wildman–Crippen MR) is 227 cm³/mol.